The van der Waals surface area contributed by atoms with Gasteiger partial charge < -0.3 is 123 Å². The van der Waals surface area contributed by atoms with Gasteiger partial charge in [-0.2, -0.15) is 4.98 Å². The van der Waals surface area contributed by atoms with Crippen molar-refractivity contribution >= 4 is 136 Å². The van der Waals surface area contributed by atoms with Gasteiger partial charge in [0.15, 0.2) is 0 Å². The first-order chi connectivity index (χ1) is 66.4. The predicted octanol–water partition coefficient (Wildman–Crippen LogP) is -2.04. The highest BCUT2D eigenvalue weighted by molar-refractivity contribution is 8.44. The largest absolute Gasteiger partial charge is 0.780 e. The molecule has 0 radical (unpaired) electrons. The number of hydrogen-bond donors (Lipinski definition) is 10. The Balaban J connectivity index is 0.665. The molecule has 14 rings (SSSR count). The summed E-state index contributed by atoms with van der Waals surface area (Å²) < 4.78 is 146. The molecular formula is C72H94N15O41P7S7-4. The highest BCUT2D eigenvalue weighted by atomic mass is 32.7. The fourth-order valence-electron chi connectivity index (χ4n) is 16.1. The maximum Gasteiger partial charge on any atom is 0.386 e. The van der Waals surface area contributed by atoms with Crippen molar-refractivity contribution in [2.45, 2.75) is 236 Å². The van der Waals surface area contributed by atoms with Gasteiger partial charge in [0, 0.05) is 134 Å². The molecule has 56 nitrogen and oxygen atoms in total. The molecule has 0 spiro atoms. The number of rotatable bonds is 41. The Morgan fingerprint density at radius 3 is 0.824 bits per heavy atom. The van der Waals surface area contributed by atoms with Crippen molar-refractivity contribution in [1.29, 1.82) is 0 Å². The first-order valence-corrected chi connectivity index (χ1v) is 60.8. The minimum atomic E-state index is -5.09. The second-order valence-corrected chi connectivity index (χ2v) is 52.9. The van der Waals surface area contributed by atoms with Gasteiger partial charge in [-0.1, -0.05) is 66.4 Å². The summed E-state index contributed by atoms with van der Waals surface area (Å²) in [6.07, 6.45) is -23.8. The zero-order chi connectivity index (χ0) is 103. The number of hydrogen-bond acceptors (Lipinski definition) is 47. The Labute approximate surface area is 834 Å². The van der Waals surface area contributed by atoms with Crippen LogP contribution in [0.3, 0.4) is 0 Å². The van der Waals surface area contributed by atoms with E-state index in [1.54, 1.807) is 6.92 Å². The molecule has 142 heavy (non-hydrogen) atoms. The van der Waals surface area contributed by atoms with Crippen LogP contribution in [0.4, 0.5) is 5.82 Å². The van der Waals surface area contributed by atoms with Crippen LogP contribution in [-0.2, 0) is 172 Å². The fourth-order valence-corrected chi connectivity index (χ4v) is 25.9. The lowest BCUT2D eigenvalue weighted by Gasteiger charge is -2.36. The molecule has 10 N–H and O–H groups in total. The lowest BCUT2D eigenvalue weighted by molar-refractivity contribution is -0.221. The van der Waals surface area contributed by atoms with Crippen LogP contribution in [0.5, 0.6) is 0 Å². The van der Waals surface area contributed by atoms with E-state index >= 15 is 0 Å². The average Bonchev–Trinajstić information content (AvgIpc) is 1.58. The number of nitrogens with zero attached hydrogens (tertiary/aromatic N) is 8. The van der Waals surface area contributed by atoms with Gasteiger partial charge >= 0.3 is 60.1 Å². The van der Waals surface area contributed by atoms with Crippen LogP contribution in [0.15, 0.2) is 106 Å². The van der Waals surface area contributed by atoms with Gasteiger partial charge in [0.1, 0.15) is 119 Å². The van der Waals surface area contributed by atoms with Crippen LogP contribution in [0, 0.1) is 48.5 Å². The van der Waals surface area contributed by atoms with E-state index in [0.717, 1.165) is 63.9 Å². The first-order valence-electron chi connectivity index (χ1n) is 42.7. The zero-order valence-corrected chi connectivity index (χ0v) is 87.6. The Hall–Kier alpha value is -5.84. The number of ether oxygens (including phenoxy) is 7. The normalized spacial score (nSPS) is 29.8. The van der Waals surface area contributed by atoms with E-state index in [2.05, 4.69) is 47.1 Å². The van der Waals surface area contributed by atoms with E-state index in [4.69, 9.17) is 173 Å². The molecule has 0 aliphatic carbocycles. The molecule has 28 atom stereocenters. The van der Waals surface area contributed by atoms with E-state index in [1.165, 1.54) is 67.1 Å². The third-order valence-electron chi connectivity index (χ3n) is 23.4. The molecule has 7 aromatic rings. The highest BCUT2D eigenvalue weighted by Gasteiger charge is 2.50. The van der Waals surface area contributed by atoms with Gasteiger partial charge in [0.05, 0.1) is 82.4 Å². The van der Waals surface area contributed by atoms with E-state index in [0.29, 0.717) is 0 Å². The SMILES string of the molecule is CC[C@H]1O[C@@H](n2cc(C)c(=O)[nH]c2=O)C[C@H]1OP([O-])(=S)OC[C@H]1O[C@@H](n2cc(C)c(=O)[nH]c2=O)C[C@H]1OP(=O)(S)OC[C@H]1O[C@@H](n2cc(C)c(=O)[nH]c2=O)C[C@H]1OP([O-])(=S)OC[C@H]1O[C@@H](n2cc(C)c(=O)[nH]c2=O)C[C@H]1OP([O-])(=S)OC[C@H]1O[C@@H](n2cc(C)c(N)nc2=O)C[C@H]1OP([O-])(=S)OC[C@H]1O[C@@H](n2cc(C)c(=O)[nH]c2=O)C[C@H]1OP(O)(=S)OC[C@H]1O[C@@H](n2cc(C)c(=O)[nH]c2=O)C[C@H]1OP(O)(=S)OC. The number of anilines is 1. The zero-order valence-electron chi connectivity index (χ0n) is 75.6. The smallest absolute Gasteiger partial charge is 0.386 e. The fraction of sp³-hybridized carbons (Fsp3) is 0.611. The Morgan fingerprint density at radius 2 is 0.563 bits per heavy atom. The lowest BCUT2D eigenvalue weighted by atomic mass is 10.1. The van der Waals surface area contributed by atoms with Crippen molar-refractivity contribution < 1.29 is 130 Å². The summed E-state index contributed by atoms with van der Waals surface area (Å²) in [6, 6.07) is 0. The molecule has 0 bridgehead atoms. The lowest BCUT2D eigenvalue weighted by Crippen LogP contribution is -2.34. The maximum absolute atomic E-state index is 14.9. The molecule has 7 aliphatic heterocycles. The summed E-state index contributed by atoms with van der Waals surface area (Å²) in [5.41, 5.74) is -4.51. The summed E-state index contributed by atoms with van der Waals surface area (Å²) in [7, 11) is 1.07. The summed E-state index contributed by atoms with van der Waals surface area (Å²) in [6.45, 7) is -27.0. The minimum absolute atomic E-state index is 0.00465. The highest BCUT2D eigenvalue weighted by Crippen LogP contribution is 2.59. The standard InChI is InChI=1S/C72H98N15O41P7S7/c1-10-38-39(11-52(115-38)82-19-32(3)60(88)75-67(82)95)123-130(102,137)109-26-48-42(14-55(118-48)84-21-34(5)62(90)77-69(84)97)126-134(106,141)113-29-51-45(17-58(121-51)87-24-37(8)65(93)80-72(87)100)128-135(107,142)114-30-50-44(16-57(120-50)86-23-36(7)64(92)79-71(86)99)127-133(105,140)111-27-47-41(13-53(117-47)81-18-31(2)59(73)74-66(81)94)124-132(104,139)112-28-49-43(15-56(119-49)85-22-35(6)63(91)78-70(85)98)125-131(103,138)110-25-46-40(122-129(101,136)108-9)12-54(116-46)83-20-33(4)61(89)76-68(83)96/h18-24,38-58H,10-17,25-30H2,1-9H3,(H,101,136)(H,102,137)(H,103,138)(H,104,139)(H,105,140)(H,106,141)(H,107,142)(H2,73,74,94)(H,75,88,95)(H,76,89,96)(H,77,90,97)(H,78,91,98)(H,79,92,99)(H,80,93,100)/p-4/t38-,39-,40-,41-,42-,43-,44-,45-,46-,47-,48-,49-,50-,51-,52-,53-,54-,55-,56-,57-,58-,129?,130?,131?,132?,133?,134?,135?/m1/s1. The van der Waals surface area contributed by atoms with Crippen LogP contribution < -0.4 is 98.5 Å². The van der Waals surface area contributed by atoms with E-state index in [1.807, 2.05) is 0 Å². The molecule has 7 fully saturated rings. The summed E-state index contributed by atoms with van der Waals surface area (Å²) in [4.78, 5) is 266. The molecule has 7 unspecified atom stereocenters. The van der Waals surface area contributed by atoms with Gasteiger partial charge in [-0.15, -0.1) is 0 Å². The Bertz CT molecular complexity index is 7180. The molecule has 14 heterocycles. The number of aromatic amines is 6. The Morgan fingerprint density at radius 1 is 0.352 bits per heavy atom. The Kier molecular flexibility index (Phi) is 35.5. The van der Waals surface area contributed by atoms with E-state index < -0.39 is 321 Å². The molecule has 7 aromatic heterocycles. The predicted molar refractivity (Wildman–Crippen MR) is 508 cm³/mol. The van der Waals surface area contributed by atoms with Crippen molar-refractivity contribution in [3.05, 3.63) is 218 Å². The van der Waals surface area contributed by atoms with Crippen molar-refractivity contribution in [2.24, 2.45) is 0 Å². The van der Waals surface area contributed by atoms with Crippen molar-refractivity contribution in [1.82, 2.24) is 66.9 Å². The van der Waals surface area contributed by atoms with Crippen LogP contribution in [0.1, 0.15) is 141 Å². The first kappa shape index (κ1) is 112. The van der Waals surface area contributed by atoms with Crippen LogP contribution >= 0.6 is 59.4 Å². The summed E-state index contributed by atoms with van der Waals surface area (Å²) in [5.74, 6) is -0.176. The number of thiol groups is 1. The maximum atomic E-state index is 14.9. The number of aromatic nitrogens is 14. The monoisotopic (exact) mass is 2270 g/mol. The molecule has 70 heteroatoms. The van der Waals surface area contributed by atoms with E-state index in [-0.39, 0.29) is 64.0 Å². The van der Waals surface area contributed by atoms with Crippen molar-refractivity contribution in [3.8, 4) is 0 Å². The van der Waals surface area contributed by atoms with Gasteiger partial charge in [-0.05, 0) is 78.5 Å². The van der Waals surface area contributed by atoms with Gasteiger partial charge in [0.25, 0.3) is 33.4 Å². The summed E-state index contributed by atoms with van der Waals surface area (Å²) >= 11 is 36.6. The number of aryl methyl sites for hydroxylation is 7. The van der Waals surface area contributed by atoms with Gasteiger partial charge in [0.2, 0.25) is 0 Å². The number of nitrogens with one attached hydrogen (secondary N) is 6. The number of nitrogens with two attached hydrogens (primary N) is 1. The van der Waals surface area contributed by atoms with Gasteiger partial charge in [-0.3, -0.25) is 99.7 Å². The van der Waals surface area contributed by atoms with Crippen LogP contribution in [-0.4, -0.2) is 209 Å². The molecule has 0 amide bonds. The van der Waals surface area contributed by atoms with Gasteiger partial charge in [-0.25, -0.2) is 38.1 Å². The number of nitrogen functional groups attached to an aromatic ring is 1. The third kappa shape index (κ3) is 27.5. The molecule has 0 saturated carbocycles. The van der Waals surface area contributed by atoms with Crippen LogP contribution in [0.25, 0.3) is 0 Å². The third-order valence-corrected chi connectivity index (χ3v) is 34.6. The molecular weight excluding hydrogens is 2170 g/mol. The van der Waals surface area contributed by atoms with Crippen molar-refractivity contribution in [3.63, 3.8) is 0 Å². The van der Waals surface area contributed by atoms with Crippen LogP contribution in [0.2, 0.25) is 0 Å². The van der Waals surface area contributed by atoms with Crippen molar-refractivity contribution in [2.75, 3.05) is 52.5 Å². The minimum Gasteiger partial charge on any atom is -0.780 e. The average molecular weight is 2270 g/mol. The van der Waals surface area contributed by atoms with E-state index in [9.17, 15) is 96.3 Å². The summed E-state index contributed by atoms with van der Waals surface area (Å²) in [5, 5.41) is 0. The quantitative estimate of drug-likeness (QED) is 0.0146. The molecule has 7 aliphatic rings. The second kappa shape index (κ2) is 45.1. The second-order valence-electron chi connectivity index (χ2n) is 33.5. The molecule has 7 saturated heterocycles. The topological polar surface area (TPSA) is 734 Å². The molecule has 784 valence electrons. The number of H-pyrrole nitrogens is 6. The molecule has 0 aromatic carbocycles.